The van der Waals surface area contributed by atoms with Crippen LogP contribution in [0.4, 0.5) is 0 Å². The fourth-order valence-corrected chi connectivity index (χ4v) is 4.01. The van der Waals surface area contributed by atoms with Gasteiger partial charge in [0, 0.05) is 39.5 Å². The average Bonchev–Trinajstić information content (AvgIpc) is 3.12. The normalized spacial score (nSPS) is 24.8. The van der Waals surface area contributed by atoms with Crippen LogP contribution in [0.3, 0.4) is 0 Å². The van der Waals surface area contributed by atoms with Gasteiger partial charge in [0.15, 0.2) is 0 Å². The SMILES string of the molecule is CCOCCC(=O)N1C[C@H]2CCN(Cc3ccnn3C)CC[C@H]2C1. The quantitative estimate of drug-likeness (QED) is 0.740. The van der Waals surface area contributed by atoms with Gasteiger partial charge in [-0.2, -0.15) is 5.10 Å². The topological polar surface area (TPSA) is 50.6 Å². The fraction of sp³-hybridized carbons (Fsp3) is 0.778. The number of fused-ring (bicyclic) bond motifs is 1. The number of amides is 1. The van der Waals surface area contributed by atoms with E-state index in [0.717, 1.165) is 32.7 Å². The smallest absolute Gasteiger partial charge is 0.224 e. The van der Waals surface area contributed by atoms with E-state index in [0.29, 0.717) is 31.5 Å². The minimum Gasteiger partial charge on any atom is -0.381 e. The first kappa shape index (κ1) is 17.4. The number of rotatable bonds is 6. The van der Waals surface area contributed by atoms with E-state index in [9.17, 15) is 4.79 Å². The molecule has 0 bridgehead atoms. The van der Waals surface area contributed by atoms with E-state index in [4.69, 9.17) is 4.74 Å². The summed E-state index contributed by atoms with van der Waals surface area (Å²) in [7, 11) is 2.01. The second kappa shape index (κ2) is 8.12. The van der Waals surface area contributed by atoms with Crippen molar-refractivity contribution in [3.05, 3.63) is 18.0 Å². The molecule has 2 fully saturated rings. The third kappa shape index (κ3) is 4.16. The Morgan fingerprint density at radius 3 is 2.58 bits per heavy atom. The maximum absolute atomic E-state index is 12.3. The van der Waals surface area contributed by atoms with Gasteiger partial charge in [-0.05, 0) is 50.8 Å². The molecule has 0 N–H and O–H groups in total. The highest BCUT2D eigenvalue weighted by Crippen LogP contribution is 2.32. The van der Waals surface area contributed by atoms with Crippen LogP contribution < -0.4 is 0 Å². The lowest BCUT2D eigenvalue weighted by molar-refractivity contribution is -0.131. The van der Waals surface area contributed by atoms with Crippen LogP contribution in [0.15, 0.2) is 12.3 Å². The van der Waals surface area contributed by atoms with Crippen molar-refractivity contribution < 1.29 is 9.53 Å². The molecule has 6 heteroatoms. The predicted octanol–water partition coefficient (Wildman–Crippen LogP) is 1.52. The molecular weight excluding hydrogens is 304 g/mol. The van der Waals surface area contributed by atoms with Crippen LogP contribution in [0.5, 0.6) is 0 Å². The summed E-state index contributed by atoms with van der Waals surface area (Å²) in [4.78, 5) is 16.9. The van der Waals surface area contributed by atoms with Crippen molar-refractivity contribution in [2.75, 3.05) is 39.4 Å². The highest BCUT2D eigenvalue weighted by atomic mass is 16.5. The van der Waals surface area contributed by atoms with Crippen LogP contribution in [-0.2, 0) is 23.1 Å². The van der Waals surface area contributed by atoms with Gasteiger partial charge in [0.05, 0.1) is 18.7 Å². The van der Waals surface area contributed by atoms with E-state index in [-0.39, 0.29) is 5.91 Å². The molecule has 1 aromatic rings. The second-order valence-corrected chi connectivity index (χ2v) is 7.07. The molecule has 0 radical (unpaired) electrons. The van der Waals surface area contributed by atoms with Gasteiger partial charge < -0.3 is 9.64 Å². The molecule has 2 aliphatic rings. The van der Waals surface area contributed by atoms with E-state index in [1.807, 2.05) is 24.9 Å². The van der Waals surface area contributed by atoms with E-state index in [1.165, 1.54) is 18.5 Å². The van der Waals surface area contributed by atoms with E-state index >= 15 is 0 Å². The maximum Gasteiger partial charge on any atom is 0.224 e. The third-order valence-electron chi connectivity index (χ3n) is 5.53. The summed E-state index contributed by atoms with van der Waals surface area (Å²) in [6.45, 7) is 8.30. The van der Waals surface area contributed by atoms with Crippen LogP contribution in [0.1, 0.15) is 31.9 Å². The second-order valence-electron chi connectivity index (χ2n) is 7.07. The zero-order chi connectivity index (χ0) is 16.9. The van der Waals surface area contributed by atoms with Crippen LogP contribution in [-0.4, -0.2) is 64.9 Å². The minimum atomic E-state index is 0.267. The zero-order valence-corrected chi connectivity index (χ0v) is 15.0. The van der Waals surface area contributed by atoms with Crippen molar-refractivity contribution in [2.24, 2.45) is 18.9 Å². The highest BCUT2D eigenvalue weighted by molar-refractivity contribution is 5.76. The molecule has 0 spiro atoms. The van der Waals surface area contributed by atoms with Crippen molar-refractivity contribution in [3.8, 4) is 0 Å². The number of nitrogens with zero attached hydrogens (tertiary/aromatic N) is 4. The fourth-order valence-electron chi connectivity index (χ4n) is 4.01. The van der Waals surface area contributed by atoms with Gasteiger partial charge in [-0.1, -0.05) is 0 Å². The molecule has 0 aliphatic carbocycles. The molecule has 2 saturated heterocycles. The Hall–Kier alpha value is -1.40. The first-order valence-electron chi connectivity index (χ1n) is 9.22. The molecule has 0 aromatic carbocycles. The molecule has 3 heterocycles. The van der Waals surface area contributed by atoms with Crippen molar-refractivity contribution in [1.82, 2.24) is 19.6 Å². The highest BCUT2D eigenvalue weighted by Gasteiger charge is 2.36. The zero-order valence-electron chi connectivity index (χ0n) is 15.0. The molecule has 2 aliphatic heterocycles. The molecule has 1 aromatic heterocycles. The Morgan fingerprint density at radius 2 is 2.00 bits per heavy atom. The molecule has 0 saturated carbocycles. The number of carbonyl (C=O) groups is 1. The third-order valence-corrected chi connectivity index (χ3v) is 5.53. The summed E-state index contributed by atoms with van der Waals surface area (Å²) in [5, 5.41) is 4.26. The predicted molar refractivity (Wildman–Crippen MR) is 92.4 cm³/mol. The van der Waals surface area contributed by atoms with Gasteiger partial charge in [-0.15, -0.1) is 0 Å². The van der Waals surface area contributed by atoms with Crippen LogP contribution in [0.25, 0.3) is 0 Å². The lowest BCUT2D eigenvalue weighted by atomic mass is 9.92. The molecule has 6 nitrogen and oxygen atoms in total. The monoisotopic (exact) mass is 334 g/mol. The molecule has 0 unspecified atom stereocenters. The van der Waals surface area contributed by atoms with Crippen LogP contribution in [0, 0.1) is 11.8 Å². The Kier molecular flexibility index (Phi) is 5.89. The number of aryl methyl sites for hydroxylation is 1. The molecule has 2 atom stereocenters. The lowest BCUT2D eigenvalue weighted by Gasteiger charge is -2.22. The van der Waals surface area contributed by atoms with Gasteiger partial charge in [0.2, 0.25) is 5.91 Å². The largest absolute Gasteiger partial charge is 0.381 e. The summed E-state index contributed by atoms with van der Waals surface area (Å²) in [6, 6.07) is 2.10. The number of hydrogen-bond donors (Lipinski definition) is 0. The lowest BCUT2D eigenvalue weighted by Crippen LogP contribution is -2.31. The number of ether oxygens (including phenoxy) is 1. The van der Waals surface area contributed by atoms with Crippen LogP contribution >= 0.6 is 0 Å². The van der Waals surface area contributed by atoms with Gasteiger partial charge >= 0.3 is 0 Å². The summed E-state index contributed by atoms with van der Waals surface area (Å²) in [5.41, 5.74) is 1.27. The first-order chi connectivity index (χ1) is 11.7. The van der Waals surface area contributed by atoms with Crippen molar-refractivity contribution in [1.29, 1.82) is 0 Å². The van der Waals surface area contributed by atoms with E-state index in [2.05, 4.69) is 21.0 Å². The van der Waals surface area contributed by atoms with Gasteiger partial charge in [-0.25, -0.2) is 0 Å². The van der Waals surface area contributed by atoms with Crippen molar-refractivity contribution >= 4 is 5.91 Å². The van der Waals surface area contributed by atoms with Gasteiger partial charge in [0.25, 0.3) is 0 Å². The molecule has 1 amide bonds. The Morgan fingerprint density at radius 1 is 1.29 bits per heavy atom. The van der Waals surface area contributed by atoms with Gasteiger partial charge in [-0.3, -0.25) is 14.4 Å². The Bertz CT molecular complexity index is 529. The van der Waals surface area contributed by atoms with Crippen molar-refractivity contribution in [3.63, 3.8) is 0 Å². The summed E-state index contributed by atoms with van der Waals surface area (Å²) in [5.74, 6) is 1.60. The summed E-state index contributed by atoms with van der Waals surface area (Å²) < 4.78 is 7.28. The Balaban J connectivity index is 1.47. The maximum atomic E-state index is 12.3. The number of aromatic nitrogens is 2. The minimum absolute atomic E-state index is 0.267. The summed E-state index contributed by atoms with van der Waals surface area (Å²) >= 11 is 0. The average molecular weight is 334 g/mol. The molecule has 134 valence electrons. The molecule has 24 heavy (non-hydrogen) atoms. The number of carbonyl (C=O) groups excluding carboxylic acids is 1. The van der Waals surface area contributed by atoms with Gasteiger partial charge in [0.1, 0.15) is 0 Å². The Labute approximate surface area is 144 Å². The number of likely N-dealkylation sites (tertiary alicyclic amines) is 2. The van der Waals surface area contributed by atoms with Crippen LogP contribution in [0.2, 0.25) is 0 Å². The standard InChI is InChI=1S/C18H30N4O2/c1-3-24-11-7-18(23)22-12-15-5-9-21(10-6-16(15)13-22)14-17-4-8-19-20(17)2/h4,8,15-16H,3,5-7,9-14H2,1-2H3/t15-,16+. The number of hydrogen-bond acceptors (Lipinski definition) is 4. The summed E-state index contributed by atoms with van der Waals surface area (Å²) in [6.07, 6.45) is 4.78. The van der Waals surface area contributed by atoms with Crippen molar-refractivity contribution in [2.45, 2.75) is 32.7 Å². The molecular formula is C18H30N4O2. The molecule has 3 rings (SSSR count). The first-order valence-corrected chi connectivity index (χ1v) is 9.22. The van der Waals surface area contributed by atoms with E-state index in [1.54, 1.807) is 0 Å². The van der Waals surface area contributed by atoms with E-state index < -0.39 is 0 Å².